The van der Waals surface area contributed by atoms with Crippen LogP contribution < -0.4 is 5.32 Å². The molecule has 134 valence electrons. The van der Waals surface area contributed by atoms with Crippen molar-refractivity contribution in [1.29, 1.82) is 0 Å². The van der Waals surface area contributed by atoms with Crippen molar-refractivity contribution in [1.82, 2.24) is 9.78 Å². The van der Waals surface area contributed by atoms with Crippen LogP contribution in [0.5, 0.6) is 0 Å². The van der Waals surface area contributed by atoms with E-state index in [0.29, 0.717) is 27.9 Å². The molecule has 0 atom stereocenters. The van der Waals surface area contributed by atoms with Gasteiger partial charge in [0, 0.05) is 23.7 Å². The second-order valence-corrected chi connectivity index (χ2v) is 6.00. The van der Waals surface area contributed by atoms with Crippen LogP contribution in [0.2, 0.25) is 5.02 Å². The molecule has 2 aromatic heterocycles. The summed E-state index contributed by atoms with van der Waals surface area (Å²) in [6.45, 7) is 1.23. The zero-order valence-corrected chi connectivity index (χ0v) is 14.9. The number of hydrogen-bond acceptors (Lipinski definition) is 5. The number of carbonyl (C=O) groups excluding carboxylic acids is 2. The molecule has 0 saturated heterocycles. The van der Waals surface area contributed by atoms with Gasteiger partial charge in [0.05, 0.1) is 12.0 Å². The Balaban J connectivity index is 1.62. The lowest BCUT2D eigenvalue weighted by molar-refractivity contribution is -0.119. The van der Waals surface area contributed by atoms with E-state index in [-0.39, 0.29) is 0 Å². The Morgan fingerprint density at radius 2 is 2.00 bits per heavy atom. The minimum atomic E-state index is -0.613. The van der Waals surface area contributed by atoms with Gasteiger partial charge in [-0.15, -0.1) is 0 Å². The van der Waals surface area contributed by atoms with E-state index in [1.165, 1.54) is 17.0 Å². The molecule has 1 aromatic carbocycles. The number of benzene rings is 1. The number of ether oxygens (including phenoxy) is 1. The molecule has 26 heavy (non-hydrogen) atoms. The summed E-state index contributed by atoms with van der Waals surface area (Å²) in [6.07, 6.45) is 1.39. The average molecular weight is 374 g/mol. The number of hydrogen-bond donors (Lipinski definition) is 1. The molecule has 3 aromatic rings. The van der Waals surface area contributed by atoms with Crippen LogP contribution in [-0.4, -0.2) is 28.3 Å². The molecule has 8 heteroatoms. The molecule has 2 heterocycles. The van der Waals surface area contributed by atoms with E-state index in [2.05, 4.69) is 10.4 Å². The molecular weight excluding hydrogens is 358 g/mol. The SMILES string of the molecule is Cc1occc1C(=O)OCC(=O)Nc1cc(-c2ccc(Cl)cc2)nn1C. The van der Waals surface area contributed by atoms with E-state index >= 15 is 0 Å². The quantitative estimate of drug-likeness (QED) is 0.692. The topological polar surface area (TPSA) is 86.4 Å². The summed E-state index contributed by atoms with van der Waals surface area (Å²) in [4.78, 5) is 23.9. The highest BCUT2D eigenvalue weighted by Gasteiger charge is 2.16. The number of nitrogens with zero attached hydrogens (tertiary/aromatic N) is 2. The summed E-state index contributed by atoms with van der Waals surface area (Å²) in [7, 11) is 1.70. The van der Waals surface area contributed by atoms with Crippen molar-refractivity contribution in [2.24, 2.45) is 7.05 Å². The molecule has 1 amide bonds. The second kappa shape index (κ2) is 7.45. The predicted molar refractivity (Wildman–Crippen MR) is 96.0 cm³/mol. The van der Waals surface area contributed by atoms with Gasteiger partial charge < -0.3 is 14.5 Å². The number of amides is 1. The number of anilines is 1. The van der Waals surface area contributed by atoms with Crippen molar-refractivity contribution >= 4 is 29.3 Å². The largest absolute Gasteiger partial charge is 0.469 e. The number of aromatic nitrogens is 2. The number of esters is 1. The number of rotatable bonds is 5. The highest BCUT2D eigenvalue weighted by molar-refractivity contribution is 6.30. The number of halogens is 1. The van der Waals surface area contributed by atoms with E-state index in [1.54, 1.807) is 32.2 Å². The van der Waals surface area contributed by atoms with Crippen LogP contribution >= 0.6 is 11.6 Å². The Morgan fingerprint density at radius 3 is 2.65 bits per heavy atom. The molecule has 0 spiro atoms. The fourth-order valence-corrected chi connectivity index (χ4v) is 2.46. The predicted octanol–water partition coefficient (Wildman–Crippen LogP) is 3.44. The Labute approximate surface area is 154 Å². The molecule has 3 rings (SSSR count). The minimum Gasteiger partial charge on any atom is -0.469 e. The van der Waals surface area contributed by atoms with E-state index in [9.17, 15) is 9.59 Å². The summed E-state index contributed by atoms with van der Waals surface area (Å²) < 4.78 is 11.6. The molecule has 0 bridgehead atoms. The van der Waals surface area contributed by atoms with Crippen LogP contribution in [0.1, 0.15) is 16.1 Å². The molecule has 0 aliphatic rings. The number of aryl methyl sites for hydroxylation is 2. The fourth-order valence-electron chi connectivity index (χ4n) is 2.33. The molecule has 0 saturated carbocycles. The average Bonchev–Trinajstić information content (AvgIpc) is 3.19. The smallest absolute Gasteiger partial charge is 0.342 e. The highest BCUT2D eigenvalue weighted by atomic mass is 35.5. The summed E-state index contributed by atoms with van der Waals surface area (Å²) in [5.41, 5.74) is 1.85. The van der Waals surface area contributed by atoms with Crippen molar-refractivity contribution in [2.45, 2.75) is 6.92 Å². The molecule has 0 aliphatic heterocycles. The molecule has 7 nitrogen and oxygen atoms in total. The lowest BCUT2D eigenvalue weighted by Crippen LogP contribution is -2.22. The third-order valence-corrected chi connectivity index (χ3v) is 3.95. The van der Waals surface area contributed by atoms with E-state index in [4.69, 9.17) is 20.8 Å². The Kier molecular flexibility index (Phi) is 5.09. The van der Waals surface area contributed by atoms with Gasteiger partial charge in [0.15, 0.2) is 6.61 Å². The van der Waals surface area contributed by atoms with Gasteiger partial charge in [0.2, 0.25) is 0 Å². The molecule has 0 fully saturated rings. The van der Waals surface area contributed by atoms with E-state index < -0.39 is 18.5 Å². The lowest BCUT2D eigenvalue weighted by Gasteiger charge is -2.06. The van der Waals surface area contributed by atoms with Gasteiger partial charge in [-0.3, -0.25) is 9.48 Å². The summed E-state index contributed by atoms with van der Waals surface area (Å²) >= 11 is 5.88. The van der Waals surface area contributed by atoms with Crippen LogP contribution in [0.25, 0.3) is 11.3 Å². The van der Waals surface area contributed by atoms with Gasteiger partial charge in [0.1, 0.15) is 17.1 Å². The van der Waals surface area contributed by atoms with E-state index in [1.807, 2.05) is 12.1 Å². The number of carbonyl (C=O) groups is 2. The van der Waals surface area contributed by atoms with Crippen molar-refractivity contribution in [2.75, 3.05) is 11.9 Å². The van der Waals surface area contributed by atoms with E-state index in [0.717, 1.165) is 5.56 Å². The Bertz CT molecular complexity index is 944. The first-order valence-corrected chi connectivity index (χ1v) is 8.13. The molecular formula is C18H16ClN3O4. The maximum atomic E-state index is 12.0. The van der Waals surface area contributed by atoms with Crippen molar-refractivity contribution in [3.63, 3.8) is 0 Å². The zero-order valence-electron chi connectivity index (χ0n) is 14.2. The first-order valence-electron chi connectivity index (χ1n) is 7.75. The maximum Gasteiger partial charge on any atom is 0.342 e. The second-order valence-electron chi connectivity index (χ2n) is 5.56. The van der Waals surface area contributed by atoms with Crippen LogP contribution in [0.4, 0.5) is 5.82 Å². The third kappa shape index (κ3) is 3.94. The standard InChI is InChI=1S/C18H16ClN3O4/c1-11-14(7-8-25-11)18(24)26-10-17(23)20-16-9-15(21-22(16)2)12-3-5-13(19)6-4-12/h3-9H,10H2,1-2H3,(H,20,23). The molecule has 1 N–H and O–H groups in total. The van der Waals surface area contributed by atoms with Gasteiger partial charge in [-0.25, -0.2) is 4.79 Å². The van der Waals surface area contributed by atoms with Crippen molar-refractivity contribution in [3.8, 4) is 11.3 Å². The summed E-state index contributed by atoms with van der Waals surface area (Å²) in [5, 5.41) is 7.64. The molecule has 0 unspecified atom stereocenters. The van der Waals surface area contributed by atoms with Gasteiger partial charge in [-0.1, -0.05) is 23.7 Å². The third-order valence-electron chi connectivity index (χ3n) is 3.70. The van der Waals surface area contributed by atoms with Crippen molar-refractivity contribution < 1.29 is 18.7 Å². The van der Waals surface area contributed by atoms with Crippen LogP contribution in [0.15, 0.2) is 47.1 Å². The summed E-state index contributed by atoms with van der Waals surface area (Å²) in [6, 6.07) is 10.4. The Morgan fingerprint density at radius 1 is 1.27 bits per heavy atom. The van der Waals surface area contributed by atoms with Crippen LogP contribution in [0.3, 0.4) is 0 Å². The minimum absolute atomic E-state index is 0.295. The van der Waals surface area contributed by atoms with Crippen LogP contribution in [0, 0.1) is 6.92 Å². The fraction of sp³-hybridized carbons (Fsp3) is 0.167. The van der Waals surface area contributed by atoms with Gasteiger partial charge in [-0.05, 0) is 25.1 Å². The lowest BCUT2D eigenvalue weighted by atomic mass is 10.1. The maximum absolute atomic E-state index is 12.0. The van der Waals surface area contributed by atoms with Crippen molar-refractivity contribution in [3.05, 3.63) is 59.0 Å². The summed E-state index contributed by atoms with van der Waals surface area (Å²) in [5.74, 6) is -0.159. The highest BCUT2D eigenvalue weighted by Crippen LogP contribution is 2.23. The van der Waals surface area contributed by atoms with Gasteiger partial charge >= 0.3 is 5.97 Å². The Hall–Kier alpha value is -3.06. The zero-order chi connectivity index (χ0) is 18.7. The first-order chi connectivity index (χ1) is 12.4. The normalized spacial score (nSPS) is 10.6. The van der Waals surface area contributed by atoms with Gasteiger partial charge in [0.25, 0.3) is 5.91 Å². The molecule has 0 aliphatic carbocycles. The molecule has 0 radical (unpaired) electrons. The monoisotopic (exact) mass is 373 g/mol. The van der Waals surface area contributed by atoms with Crippen LogP contribution in [-0.2, 0) is 16.6 Å². The number of nitrogens with one attached hydrogen (secondary N) is 1. The van der Waals surface area contributed by atoms with Gasteiger partial charge in [-0.2, -0.15) is 5.10 Å². The number of furan rings is 1. The first kappa shape index (κ1) is 17.8.